The van der Waals surface area contributed by atoms with Crippen LogP contribution in [0.4, 0.5) is 0 Å². The summed E-state index contributed by atoms with van der Waals surface area (Å²) >= 11 is 0. The first kappa shape index (κ1) is 29.6. The van der Waals surface area contributed by atoms with Crippen molar-refractivity contribution in [1.29, 1.82) is 0 Å². The maximum absolute atomic E-state index is 14.8. The summed E-state index contributed by atoms with van der Waals surface area (Å²) in [6.07, 6.45) is 3.69. The molecule has 3 nitrogen and oxygen atoms in total. The lowest BCUT2D eigenvalue weighted by atomic mass is 10.0. The number of benzene rings is 6. The second-order valence-corrected chi connectivity index (χ2v) is 16.7. The van der Waals surface area contributed by atoms with Gasteiger partial charge in [0.1, 0.15) is 0 Å². The zero-order valence-corrected chi connectivity index (χ0v) is 26.8. The Bertz CT molecular complexity index is 1930. The molecule has 7 rings (SSSR count). The van der Waals surface area contributed by atoms with Gasteiger partial charge in [0.25, 0.3) is 0 Å². The zero-order valence-electron chi connectivity index (χ0n) is 25.1. The third kappa shape index (κ3) is 5.50. The fraction of sp³-hybridized carbons (Fsp3) is 0. The minimum atomic E-state index is -3.05. The van der Waals surface area contributed by atoms with E-state index in [0.29, 0.717) is 0 Å². The smallest absolute Gasteiger partial charge is 0.171 e. The largest absolute Gasteiger partial charge is 0.309 e. The predicted molar refractivity (Wildman–Crippen MR) is 194 cm³/mol. The first-order chi connectivity index (χ1) is 22.6. The molecule has 1 heterocycles. The Hall–Kier alpha value is -5.07. The summed E-state index contributed by atoms with van der Waals surface area (Å²) in [5, 5.41) is 4.81. The Kier molecular flexibility index (Phi) is 8.20. The van der Waals surface area contributed by atoms with Crippen molar-refractivity contribution in [1.82, 2.24) is 4.98 Å². The molecule has 0 atom stereocenters. The highest BCUT2D eigenvalue weighted by atomic mass is 31.2. The third-order valence-corrected chi connectivity index (χ3v) is 14.5. The third-order valence-electron chi connectivity index (χ3n) is 8.35. The number of aromatic nitrogens is 1. The van der Waals surface area contributed by atoms with Crippen LogP contribution in [0.15, 0.2) is 188 Å². The number of rotatable bonds is 8. The second-order valence-electron chi connectivity index (χ2n) is 11.1. The Balaban J connectivity index is 1.21. The van der Waals surface area contributed by atoms with Gasteiger partial charge in [-0.25, -0.2) is 0 Å². The molecule has 7 aromatic rings. The number of nitrogens with zero attached hydrogens (tertiary/aromatic N) is 1. The van der Waals surface area contributed by atoms with E-state index >= 15 is 0 Å². The molecule has 0 spiro atoms. The van der Waals surface area contributed by atoms with Crippen molar-refractivity contribution < 1.29 is 9.13 Å². The first-order valence-electron chi connectivity index (χ1n) is 15.2. The van der Waals surface area contributed by atoms with Crippen molar-refractivity contribution >= 4 is 46.1 Å². The molecule has 1 aromatic heterocycles. The van der Waals surface area contributed by atoms with Crippen molar-refractivity contribution in [3.05, 3.63) is 188 Å². The molecule has 0 aliphatic carbocycles. The summed E-state index contributed by atoms with van der Waals surface area (Å²) in [6, 6.07) is 56.9. The number of pyridine rings is 1. The molecule has 0 amide bonds. The predicted octanol–water partition coefficient (Wildman–Crippen LogP) is 7.69. The van der Waals surface area contributed by atoms with Gasteiger partial charge >= 0.3 is 0 Å². The molecule has 0 aliphatic rings. The van der Waals surface area contributed by atoms with Gasteiger partial charge in [0.2, 0.25) is 0 Å². The van der Waals surface area contributed by atoms with Crippen molar-refractivity contribution in [3.8, 4) is 22.3 Å². The highest BCUT2D eigenvalue weighted by molar-refractivity contribution is 7.85. The molecule has 0 bridgehead atoms. The summed E-state index contributed by atoms with van der Waals surface area (Å²) in [7, 11) is -6.09. The lowest BCUT2D eigenvalue weighted by molar-refractivity contribution is 0.591. The molecule has 0 saturated carbocycles. The Labute approximate surface area is 270 Å². The maximum Gasteiger partial charge on any atom is 0.171 e. The SMILES string of the molecule is O=P(c1ccccc1)(c1ccccc1)c1ccc(-c2cncc(-c3ccc(P(=O)(c4ccccc4)c4ccccc4)cc3)c2)cc1. The first-order valence-corrected chi connectivity index (χ1v) is 18.6. The van der Waals surface area contributed by atoms with E-state index in [-0.39, 0.29) is 0 Å². The molecule has 222 valence electrons. The monoisotopic (exact) mass is 631 g/mol. The van der Waals surface area contributed by atoms with Crippen molar-refractivity contribution in [2.24, 2.45) is 0 Å². The molecular formula is C41H31NO2P2. The fourth-order valence-corrected chi connectivity index (χ4v) is 11.2. The topological polar surface area (TPSA) is 47.0 Å². The summed E-state index contributed by atoms with van der Waals surface area (Å²) in [4.78, 5) is 4.56. The molecule has 0 N–H and O–H groups in total. The van der Waals surface area contributed by atoms with Crippen molar-refractivity contribution in [2.45, 2.75) is 0 Å². The van der Waals surface area contributed by atoms with E-state index in [1.54, 1.807) is 0 Å². The molecular weight excluding hydrogens is 600 g/mol. The van der Waals surface area contributed by atoms with Crippen LogP contribution in [-0.4, -0.2) is 4.98 Å². The lowest BCUT2D eigenvalue weighted by Crippen LogP contribution is -2.24. The van der Waals surface area contributed by atoms with Crippen LogP contribution in [0, 0.1) is 0 Å². The van der Waals surface area contributed by atoms with Crippen molar-refractivity contribution in [3.63, 3.8) is 0 Å². The van der Waals surface area contributed by atoms with Crippen LogP contribution in [0.5, 0.6) is 0 Å². The Morgan fingerprint density at radius 1 is 0.304 bits per heavy atom. The minimum absolute atomic E-state index is 0.787. The number of hydrogen-bond acceptors (Lipinski definition) is 3. The van der Waals surface area contributed by atoms with Crippen LogP contribution < -0.4 is 31.8 Å². The summed E-state index contributed by atoms with van der Waals surface area (Å²) in [5.74, 6) is 0. The van der Waals surface area contributed by atoms with Crippen LogP contribution in [0.25, 0.3) is 22.3 Å². The van der Waals surface area contributed by atoms with Gasteiger partial charge in [0, 0.05) is 55.3 Å². The van der Waals surface area contributed by atoms with Gasteiger partial charge in [-0.3, -0.25) is 4.98 Å². The van der Waals surface area contributed by atoms with Crippen LogP contribution >= 0.6 is 14.3 Å². The fourth-order valence-electron chi connectivity index (χ4n) is 5.93. The molecule has 0 radical (unpaired) electrons. The normalized spacial score (nSPS) is 11.7. The van der Waals surface area contributed by atoms with E-state index in [0.717, 1.165) is 54.1 Å². The van der Waals surface area contributed by atoms with Crippen LogP contribution in [0.2, 0.25) is 0 Å². The summed E-state index contributed by atoms with van der Waals surface area (Å²) < 4.78 is 29.5. The van der Waals surface area contributed by atoms with Crippen LogP contribution in [-0.2, 0) is 9.13 Å². The van der Waals surface area contributed by atoms with Gasteiger partial charge in [-0.2, -0.15) is 0 Å². The molecule has 46 heavy (non-hydrogen) atoms. The van der Waals surface area contributed by atoms with Gasteiger partial charge in [-0.1, -0.05) is 170 Å². The minimum Gasteiger partial charge on any atom is -0.309 e. The molecule has 5 heteroatoms. The molecule has 0 aliphatic heterocycles. The Morgan fingerprint density at radius 3 is 0.848 bits per heavy atom. The number of hydrogen-bond donors (Lipinski definition) is 0. The highest BCUT2D eigenvalue weighted by Crippen LogP contribution is 2.44. The standard InChI is InChI=1S/C41H31NO2P2/c43-45(36-13-5-1-6-14-36,37-15-7-2-8-16-37)40-25-21-32(22-26-40)34-29-35(31-42-30-34)33-23-27-41(28-24-33)46(44,38-17-9-3-10-18-38)39-19-11-4-12-20-39/h1-31H. The Morgan fingerprint density at radius 2 is 0.565 bits per heavy atom. The average Bonchev–Trinajstić information content (AvgIpc) is 3.16. The maximum atomic E-state index is 14.8. The van der Waals surface area contributed by atoms with Gasteiger partial charge in [-0.15, -0.1) is 0 Å². The van der Waals surface area contributed by atoms with Gasteiger partial charge in [-0.05, 0) is 17.2 Å². The molecule has 0 fully saturated rings. The summed E-state index contributed by atoms with van der Waals surface area (Å²) in [5.41, 5.74) is 3.89. The van der Waals surface area contributed by atoms with Gasteiger partial charge in [0.15, 0.2) is 14.3 Å². The molecule has 6 aromatic carbocycles. The van der Waals surface area contributed by atoms with E-state index in [1.165, 1.54) is 0 Å². The molecule has 0 saturated heterocycles. The second kappa shape index (κ2) is 12.7. The van der Waals surface area contributed by atoms with Crippen molar-refractivity contribution in [2.75, 3.05) is 0 Å². The van der Waals surface area contributed by atoms with Gasteiger partial charge in [0.05, 0.1) is 0 Å². The van der Waals surface area contributed by atoms with E-state index in [4.69, 9.17) is 0 Å². The van der Waals surface area contributed by atoms with Crippen LogP contribution in [0.1, 0.15) is 0 Å². The van der Waals surface area contributed by atoms with E-state index in [9.17, 15) is 9.13 Å². The average molecular weight is 632 g/mol. The molecule has 0 unspecified atom stereocenters. The summed E-state index contributed by atoms with van der Waals surface area (Å²) in [6.45, 7) is 0. The lowest BCUT2D eigenvalue weighted by Gasteiger charge is -2.20. The van der Waals surface area contributed by atoms with E-state index < -0.39 is 14.3 Å². The quantitative estimate of drug-likeness (QED) is 0.162. The van der Waals surface area contributed by atoms with Crippen LogP contribution in [0.3, 0.4) is 0 Å². The van der Waals surface area contributed by atoms with Gasteiger partial charge < -0.3 is 9.13 Å². The van der Waals surface area contributed by atoms with E-state index in [1.807, 2.05) is 182 Å². The highest BCUT2D eigenvalue weighted by Gasteiger charge is 2.30. The van der Waals surface area contributed by atoms with E-state index in [2.05, 4.69) is 11.1 Å². The zero-order chi connectivity index (χ0) is 31.4.